The number of halogens is 1. The molecule has 0 aromatic heterocycles. The summed E-state index contributed by atoms with van der Waals surface area (Å²) in [5.41, 5.74) is 2.31. The number of hydrogen-bond acceptors (Lipinski definition) is 4. The second-order valence-electron chi connectivity index (χ2n) is 6.90. The molecule has 0 radical (unpaired) electrons. The third-order valence-corrected chi connectivity index (χ3v) is 5.51. The normalized spacial score (nSPS) is 24.7. The zero-order valence-corrected chi connectivity index (χ0v) is 14.6. The summed E-state index contributed by atoms with van der Waals surface area (Å²) in [6.45, 7) is 4.83. The van der Waals surface area contributed by atoms with Crippen molar-refractivity contribution < 1.29 is 9.53 Å². The highest BCUT2D eigenvalue weighted by Crippen LogP contribution is 2.32. The number of nitrogens with zero attached hydrogens (tertiary/aromatic N) is 2. The van der Waals surface area contributed by atoms with E-state index in [2.05, 4.69) is 16.3 Å². The van der Waals surface area contributed by atoms with Crippen LogP contribution in [0.25, 0.3) is 0 Å². The molecule has 1 aliphatic carbocycles. The Labute approximate surface area is 147 Å². The van der Waals surface area contributed by atoms with Gasteiger partial charge in [-0.15, -0.1) is 0 Å². The molecule has 3 aliphatic rings. The number of carbonyl (C=O) groups is 1. The minimum atomic E-state index is 0.229. The number of morpholine rings is 1. The standard InChI is InChI=1S/C18H24ClN3O2/c19-16-2-1-3-17(21-6-8-24-9-7-21)15(16)11-20-13-10-18(23)22(12-13)14-4-5-14/h1-3,13-14,20H,4-12H2. The molecule has 2 heterocycles. The topological polar surface area (TPSA) is 44.8 Å². The maximum Gasteiger partial charge on any atom is 0.224 e. The number of rotatable bonds is 5. The van der Waals surface area contributed by atoms with Crippen LogP contribution in [0.5, 0.6) is 0 Å². The molecule has 0 spiro atoms. The van der Waals surface area contributed by atoms with Gasteiger partial charge in [0.15, 0.2) is 0 Å². The third-order valence-electron chi connectivity index (χ3n) is 5.16. The van der Waals surface area contributed by atoms with Crippen molar-refractivity contribution in [2.75, 3.05) is 37.7 Å². The Morgan fingerprint density at radius 2 is 2.04 bits per heavy atom. The lowest BCUT2D eigenvalue weighted by Crippen LogP contribution is -2.38. The van der Waals surface area contributed by atoms with E-state index < -0.39 is 0 Å². The Kier molecular flexibility index (Phi) is 4.66. The van der Waals surface area contributed by atoms with E-state index >= 15 is 0 Å². The van der Waals surface area contributed by atoms with E-state index in [4.69, 9.17) is 16.3 Å². The minimum Gasteiger partial charge on any atom is -0.378 e. The summed E-state index contributed by atoms with van der Waals surface area (Å²) in [6, 6.07) is 6.81. The van der Waals surface area contributed by atoms with Crippen LogP contribution in [0.3, 0.4) is 0 Å². The number of likely N-dealkylation sites (tertiary alicyclic amines) is 1. The average Bonchev–Trinajstić information content (AvgIpc) is 3.37. The Bertz CT molecular complexity index is 614. The molecule has 2 saturated heterocycles. The van der Waals surface area contributed by atoms with Crippen LogP contribution in [0.2, 0.25) is 5.02 Å². The number of benzene rings is 1. The highest BCUT2D eigenvalue weighted by Gasteiger charge is 2.39. The van der Waals surface area contributed by atoms with E-state index in [9.17, 15) is 4.79 Å². The molecule has 0 bridgehead atoms. The van der Waals surface area contributed by atoms with E-state index in [1.54, 1.807) is 0 Å². The molecule has 24 heavy (non-hydrogen) atoms. The van der Waals surface area contributed by atoms with E-state index in [0.717, 1.165) is 43.4 Å². The number of anilines is 1. The fourth-order valence-electron chi connectivity index (χ4n) is 3.68. The summed E-state index contributed by atoms with van der Waals surface area (Å²) in [5, 5.41) is 4.34. The van der Waals surface area contributed by atoms with Gasteiger partial charge in [0.05, 0.1) is 13.2 Å². The predicted molar refractivity (Wildman–Crippen MR) is 94.5 cm³/mol. The molecule has 1 N–H and O–H groups in total. The number of hydrogen-bond donors (Lipinski definition) is 1. The van der Waals surface area contributed by atoms with Crippen LogP contribution < -0.4 is 10.2 Å². The van der Waals surface area contributed by atoms with Crippen molar-refractivity contribution in [2.45, 2.75) is 37.9 Å². The fraction of sp³-hybridized carbons (Fsp3) is 0.611. The molecule has 5 nitrogen and oxygen atoms in total. The van der Waals surface area contributed by atoms with Gasteiger partial charge in [-0.1, -0.05) is 17.7 Å². The summed E-state index contributed by atoms with van der Waals surface area (Å²) >= 11 is 6.48. The Morgan fingerprint density at radius 1 is 1.25 bits per heavy atom. The smallest absolute Gasteiger partial charge is 0.224 e. The lowest BCUT2D eigenvalue weighted by Gasteiger charge is -2.31. The van der Waals surface area contributed by atoms with Gasteiger partial charge >= 0.3 is 0 Å². The second kappa shape index (κ2) is 6.90. The van der Waals surface area contributed by atoms with Gasteiger partial charge in [-0.2, -0.15) is 0 Å². The zero-order valence-electron chi connectivity index (χ0n) is 13.8. The quantitative estimate of drug-likeness (QED) is 0.883. The van der Waals surface area contributed by atoms with Crippen LogP contribution in [0.4, 0.5) is 5.69 Å². The Morgan fingerprint density at radius 3 is 2.79 bits per heavy atom. The van der Waals surface area contributed by atoms with Crippen LogP contribution in [0.15, 0.2) is 18.2 Å². The first-order chi connectivity index (χ1) is 11.7. The van der Waals surface area contributed by atoms with Gasteiger partial charge in [0.1, 0.15) is 0 Å². The molecule has 2 aliphatic heterocycles. The van der Waals surface area contributed by atoms with Crippen LogP contribution >= 0.6 is 11.6 Å². The average molecular weight is 350 g/mol. The molecule has 130 valence electrons. The fourth-order valence-corrected chi connectivity index (χ4v) is 3.91. The third kappa shape index (κ3) is 3.39. The van der Waals surface area contributed by atoms with Gasteiger partial charge in [0, 0.05) is 61.0 Å². The molecule has 1 amide bonds. The lowest BCUT2D eigenvalue weighted by atomic mass is 10.1. The second-order valence-corrected chi connectivity index (χ2v) is 7.30. The molecular formula is C18H24ClN3O2. The van der Waals surface area contributed by atoms with Crippen LogP contribution in [-0.2, 0) is 16.1 Å². The van der Waals surface area contributed by atoms with Gasteiger partial charge < -0.3 is 19.9 Å². The molecule has 1 aromatic carbocycles. The molecule has 3 fully saturated rings. The number of nitrogens with one attached hydrogen (secondary N) is 1. The SMILES string of the molecule is O=C1CC(NCc2c(Cl)cccc2N2CCOCC2)CN1C1CC1. The van der Waals surface area contributed by atoms with Crippen molar-refractivity contribution in [1.82, 2.24) is 10.2 Å². The summed E-state index contributed by atoms with van der Waals surface area (Å²) < 4.78 is 5.45. The van der Waals surface area contributed by atoms with Crippen molar-refractivity contribution in [3.05, 3.63) is 28.8 Å². The summed E-state index contributed by atoms with van der Waals surface area (Å²) in [7, 11) is 0. The zero-order chi connectivity index (χ0) is 16.5. The van der Waals surface area contributed by atoms with Gasteiger partial charge in [-0.05, 0) is 25.0 Å². The Balaban J connectivity index is 1.43. The summed E-state index contributed by atoms with van der Waals surface area (Å²) in [4.78, 5) is 16.5. The molecule has 4 rings (SSSR count). The molecule has 1 unspecified atom stereocenters. The van der Waals surface area contributed by atoms with Crippen molar-refractivity contribution >= 4 is 23.2 Å². The minimum absolute atomic E-state index is 0.229. The van der Waals surface area contributed by atoms with Crippen molar-refractivity contribution in [1.29, 1.82) is 0 Å². The first kappa shape index (κ1) is 16.2. The number of ether oxygens (including phenoxy) is 1. The van der Waals surface area contributed by atoms with Crippen molar-refractivity contribution in [2.24, 2.45) is 0 Å². The molecule has 1 saturated carbocycles. The van der Waals surface area contributed by atoms with Crippen LogP contribution in [-0.4, -0.2) is 55.7 Å². The maximum atomic E-state index is 12.1. The van der Waals surface area contributed by atoms with Crippen molar-refractivity contribution in [3.8, 4) is 0 Å². The van der Waals surface area contributed by atoms with Gasteiger partial charge in [0.25, 0.3) is 0 Å². The highest BCUT2D eigenvalue weighted by molar-refractivity contribution is 6.31. The van der Waals surface area contributed by atoms with Crippen LogP contribution in [0, 0.1) is 0 Å². The van der Waals surface area contributed by atoms with Crippen LogP contribution in [0.1, 0.15) is 24.8 Å². The molecular weight excluding hydrogens is 326 g/mol. The number of amides is 1. The maximum absolute atomic E-state index is 12.1. The molecule has 1 atom stereocenters. The number of carbonyl (C=O) groups excluding carboxylic acids is 1. The highest BCUT2D eigenvalue weighted by atomic mass is 35.5. The molecule has 6 heteroatoms. The molecule has 1 aromatic rings. The first-order valence-corrected chi connectivity index (χ1v) is 9.23. The van der Waals surface area contributed by atoms with E-state index in [0.29, 0.717) is 24.9 Å². The first-order valence-electron chi connectivity index (χ1n) is 8.85. The Hall–Kier alpha value is -1.30. The summed E-state index contributed by atoms with van der Waals surface area (Å²) in [5.74, 6) is 0.294. The van der Waals surface area contributed by atoms with Gasteiger partial charge in [-0.3, -0.25) is 4.79 Å². The lowest BCUT2D eigenvalue weighted by molar-refractivity contribution is -0.128. The largest absolute Gasteiger partial charge is 0.378 e. The monoisotopic (exact) mass is 349 g/mol. The predicted octanol–water partition coefficient (Wildman–Crippen LogP) is 2.03. The van der Waals surface area contributed by atoms with Gasteiger partial charge in [0.2, 0.25) is 5.91 Å². The van der Waals surface area contributed by atoms with Crippen molar-refractivity contribution in [3.63, 3.8) is 0 Å². The van der Waals surface area contributed by atoms with E-state index in [1.807, 2.05) is 17.0 Å². The van der Waals surface area contributed by atoms with Gasteiger partial charge in [-0.25, -0.2) is 0 Å². The van der Waals surface area contributed by atoms with E-state index in [1.165, 1.54) is 18.5 Å². The summed E-state index contributed by atoms with van der Waals surface area (Å²) in [6.07, 6.45) is 2.95. The van der Waals surface area contributed by atoms with E-state index in [-0.39, 0.29) is 6.04 Å².